The second-order valence-electron chi connectivity index (χ2n) is 7.48. The van der Waals surface area contributed by atoms with Crippen LogP contribution in [0.5, 0.6) is 5.75 Å². The molecule has 0 amide bonds. The van der Waals surface area contributed by atoms with Crippen molar-refractivity contribution >= 4 is 17.6 Å². The molecule has 0 aromatic heterocycles. The maximum atomic E-state index is 12.6. The summed E-state index contributed by atoms with van der Waals surface area (Å²) < 4.78 is 5.13. The largest absolute Gasteiger partial charge is 0.507 e. The summed E-state index contributed by atoms with van der Waals surface area (Å²) in [6.45, 7) is 8.06. The molecule has 1 aliphatic rings. The summed E-state index contributed by atoms with van der Waals surface area (Å²) in [7, 11) is 1.62. The second-order valence-corrected chi connectivity index (χ2v) is 7.48. The summed E-state index contributed by atoms with van der Waals surface area (Å²) in [5.41, 5.74) is 1.85. The number of hydrogen-bond donors (Lipinski definition) is 1. The number of ether oxygens (including phenoxy) is 1. The first-order valence-corrected chi connectivity index (χ1v) is 8.57. The molecule has 2 rings (SSSR count). The number of ketones is 1. The molecule has 0 spiro atoms. The van der Waals surface area contributed by atoms with Gasteiger partial charge in [0, 0.05) is 12.5 Å². The van der Waals surface area contributed by atoms with Gasteiger partial charge < -0.3 is 9.84 Å². The van der Waals surface area contributed by atoms with Crippen molar-refractivity contribution in [2.75, 3.05) is 7.11 Å². The Balaban J connectivity index is 2.35. The predicted octanol–water partition coefficient (Wildman–Crippen LogP) is 4.76. The lowest BCUT2D eigenvalue weighted by atomic mass is 9.73. The number of methoxy groups -OCH3 is 1. The van der Waals surface area contributed by atoms with Gasteiger partial charge in [-0.2, -0.15) is 0 Å². The zero-order chi connectivity index (χ0) is 18.6. The van der Waals surface area contributed by atoms with E-state index < -0.39 is 0 Å². The fraction of sp³-hybridized carbons (Fsp3) is 0.429. The molecule has 0 atom stereocenters. The van der Waals surface area contributed by atoms with E-state index in [4.69, 9.17) is 4.74 Å². The van der Waals surface area contributed by atoms with Gasteiger partial charge in [0.05, 0.1) is 18.4 Å². The Bertz CT molecular complexity index is 722. The number of nitrogens with zero attached hydrogens (tertiary/aromatic N) is 1. The van der Waals surface area contributed by atoms with Gasteiger partial charge in [-0.1, -0.05) is 32.1 Å². The van der Waals surface area contributed by atoms with E-state index in [1.807, 2.05) is 38.1 Å². The zero-order valence-electron chi connectivity index (χ0n) is 15.7. The van der Waals surface area contributed by atoms with E-state index in [9.17, 15) is 9.90 Å². The van der Waals surface area contributed by atoms with Gasteiger partial charge in [-0.3, -0.25) is 9.79 Å². The quantitative estimate of drug-likeness (QED) is 0.634. The lowest BCUT2D eigenvalue weighted by Gasteiger charge is -2.31. The number of aliphatic hydroxyl groups excluding tert-OH is 1. The predicted molar refractivity (Wildman–Crippen MR) is 102 cm³/mol. The molecular formula is C21H27NO3. The van der Waals surface area contributed by atoms with Gasteiger partial charge in [0.1, 0.15) is 11.5 Å². The number of rotatable bonds is 4. The Morgan fingerprint density at radius 3 is 2.44 bits per heavy atom. The lowest BCUT2D eigenvalue weighted by molar-refractivity contribution is -0.117. The molecule has 1 fully saturated rings. The highest BCUT2D eigenvalue weighted by Crippen LogP contribution is 2.35. The van der Waals surface area contributed by atoms with Crippen LogP contribution in [0.25, 0.3) is 6.08 Å². The minimum absolute atomic E-state index is 0.0179. The maximum Gasteiger partial charge on any atom is 0.168 e. The minimum atomic E-state index is -0.131. The molecule has 0 radical (unpaired) electrons. The van der Waals surface area contributed by atoms with Crippen molar-refractivity contribution in [2.24, 2.45) is 10.4 Å². The third kappa shape index (κ3) is 5.05. The number of carbonyl (C=O) groups is 1. The molecule has 1 saturated carbocycles. The number of Topliss-reactive ketones (excluding diaryl/α,β-unsaturated/α-hetero) is 1. The van der Waals surface area contributed by atoms with E-state index in [1.165, 1.54) is 0 Å². The Labute approximate surface area is 149 Å². The van der Waals surface area contributed by atoms with E-state index in [0.29, 0.717) is 24.1 Å². The summed E-state index contributed by atoms with van der Waals surface area (Å²) in [5.74, 6) is 0.707. The Kier molecular flexibility index (Phi) is 5.83. The summed E-state index contributed by atoms with van der Waals surface area (Å²) in [6.07, 6.45) is 4.46. The Hall–Kier alpha value is -2.36. The average Bonchev–Trinajstić information content (AvgIpc) is 2.51. The zero-order valence-corrected chi connectivity index (χ0v) is 15.7. The molecule has 1 aromatic carbocycles. The van der Waals surface area contributed by atoms with Gasteiger partial charge in [-0.25, -0.2) is 0 Å². The van der Waals surface area contributed by atoms with Crippen molar-refractivity contribution < 1.29 is 14.6 Å². The van der Waals surface area contributed by atoms with Crippen LogP contribution in [-0.2, 0) is 4.79 Å². The highest BCUT2D eigenvalue weighted by molar-refractivity contribution is 6.25. The molecule has 1 N–H and O–H groups in total. The summed E-state index contributed by atoms with van der Waals surface area (Å²) in [4.78, 5) is 17.2. The van der Waals surface area contributed by atoms with Crippen LogP contribution >= 0.6 is 0 Å². The highest BCUT2D eigenvalue weighted by atomic mass is 16.5. The van der Waals surface area contributed by atoms with Gasteiger partial charge >= 0.3 is 0 Å². The van der Waals surface area contributed by atoms with Gasteiger partial charge in [0.2, 0.25) is 0 Å². The standard InChI is InChI=1S/C21H27NO3/c1-14(2)22-17-12-21(3,4)13-19(24)20(17)18(23)11-8-15-6-9-16(25-5)10-7-15/h6-11,14,23H,12-13H2,1-5H3/b11-8+,20-18+,22-17?. The number of carbonyl (C=O) groups excluding carboxylic acids is 1. The molecule has 0 saturated heterocycles. The van der Waals surface area contributed by atoms with Crippen LogP contribution in [0.3, 0.4) is 0 Å². The van der Waals surface area contributed by atoms with Crippen LogP contribution in [0.4, 0.5) is 0 Å². The van der Waals surface area contributed by atoms with E-state index in [0.717, 1.165) is 11.3 Å². The van der Waals surface area contributed by atoms with Crippen molar-refractivity contribution in [3.63, 3.8) is 0 Å². The number of aliphatic hydroxyl groups is 1. The van der Waals surface area contributed by atoms with Gasteiger partial charge in [0.15, 0.2) is 5.78 Å². The van der Waals surface area contributed by atoms with Crippen LogP contribution in [0.1, 0.15) is 46.1 Å². The smallest absolute Gasteiger partial charge is 0.168 e. The third-order valence-corrected chi connectivity index (χ3v) is 4.07. The SMILES string of the molecule is COc1ccc(/C=C/C(O)=C2\C(=O)CC(C)(C)CC2=NC(C)C)cc1. The molecule has 134 valence electrons. The Morgan fingerprint density at radius 2 is 1.88 bits per heavy atom. The molecule has 4 heteroatoms. The van der Waals surface area contributed by atoms with Crippen LogP contribution < -0.4 is 4.74 Å². The molecule has 0 unspecified atom stereocenters. The van der Waals surface area contributed by atoms with Crippen molar-refractivity contribution in [3.8, 4) is 5.75 Å². The molecule has 4 nitrogen and oxygen atoms in total. The van der Waals surface area contributed by atoms with Crippen molar-refractivity contribution in [2.45, 2.75) is 46.6 Å². The fourth-order valence-corrected chi connectivity index (χ4v) is 2.97. The van der Waals surface area contributed by atoms with Crippen molar-refractivity contribution in [1.29, 1.82) is 0 Å². The molecular weight excluding hydrogens is 314 g/mol. The Morgan fingerprint density at radius 1 is 1.24 bits per heavy atom. The van der Waals surface area contributed by atoms with E-state index in [-0.39, 0.29) is 23.0 Å². The first-order chi connectivity index (χ1) is 11.7. The molecule has 0 aliphatic heterocycles. The fourth-order valence-electron chi connectivity index (χ4n) is 2.97. The van der Waals surface area contributed by atoms with Crippen molar-refractivity contribution in [3.05, 3.63) is 47.2 Å². The number of hydrogen-bond acceptors (Lipinski definition) is 4. The summed E-state index contributed by atoms with van der Waals surface area (Å²) in [5, 5.41) is 10.5. The lowest BCUT2D eigenvalue weighted by Crippen LogP contribution is -2.33. The van der Waals surface area contributed by atoms with Crippen LogP contribution in [0.2, 0.25) is 0 Å². The molecule has 0 heterocycles. The van der Waals surface area contributed by atoms with E-state index in [1.54, 1.807) is 19.3 Å². The summed E-state index contributed by atoms with van der Waals surface area (Å²) >= 11 is 0. The average molecular weight is 341 g/mol. The number of aliphatic imine (C=N–C) groups is 1. The van der Waals surface area contributed by atoms with Crippen LogP contribution in [-0.4, -0.2) is 29.8 Å². The van der Waals surface area contributed by atoms with Crippen LogP contribution in [0, 0.1) is 5.41 Å². The monoisotopic (exact) mass is 341 g/mol. The van der Waals surface area contributed by atoms with E-state index in [2.05, 4.69) is 18.8 Å². The minimum Gasteiger partial charge on any atom is -0.507 e. The van der Waals surface area contributed by atoms with E-state index >= 15 is 0 Å². The number of allylic oxidation sites excluding steroid dienone is 2. The molecule has 0 bridgehead atoms. The topological polar surface area (TPSA) is 58.9 Å². The maximum absolute atomic E-state index is 12.6. The molecule has 1 aromatic rings. The second kappa shape index (κ2) is 7.68. The first-order valence-electron chi connectivity index (χ1n) is 8.57. The molecule has 1 aliphatic carbocycles. The van der Waals surface area contributed by atoms with Gasteiger partial charge in [-0.05, 0) is 49.5 Å². The van der Waals surface area contributed by atoms with Gasteiger partial charge in [0.25, 0.3) is 0 Å². The third-order valence-electron chi connectivity index (χ3n) is 4.07. The summed E-state index contributed by atoms with van der Waals surface area (Å²) in [6, 6.07) is 7.56. The van der Waals surface area contributed by atoms with Crippen LogP contribution in [0.15, 0.2) is 46.7 Å². The first kappa shape index (κ1) is 19.0. The highest BCUT2D eigenvalue weighted by Gasteiger charge is 2.35. The molecule has 25 heavy (non-hydrogen) atoms. The normalized spacial score (nSPS) is 21.2. The van der Waals surface area contributed by atoms with Gasteiger partial charge in [-0.15, -0.1) is 0 Å². The van der Waals surface area contributed by atoms with Crippen molar-refractivity contribution in [1.82, 2.24) is 0 Å². The number of benzene rings is 1.